The highest BCUT2D eigenvalue weighted by molar-refractivity contribution is 5.81. The molecule has 2 aromatic carbocycles. The molecule has 1 aliphatic heterocycles. The second kappa shape index (κ2) is 11.1. The predicted molar refractivity (Wildman–Crippen MR) is 116 cm³/mol. The fraction of sp³-hybridized carbons (Fsp3) is 0.458. The Hall–Kier alpha value is -2.21. The molecule has 0 saturated carbocycles. The number of likely N-dealkylation sites (N-methyl/N-ethyl adjacent to an activating group) is 1. The lowest BCUT2D eigenvalue weighted by molar-refractivity contribution is -0.126. The standard InChI is InChI=1S/C24H33N3O2/c1-3-23(26(2)18-20-9-5-4-6-10-20)24(28)25-17-21-11-7-8-12-22(21)19-27-13-15-29-16-14-27/h4-12,23H,3,13-19H2,1-2H3,(H,25,28)/t23-/m0/s1. The molecular formula is C24H33N3O2. The molecule has 3 rings (SSSR count). The maximum atomic E-state index is 12.9. The van der Waals surface area contributed by atoms with E-state index in [4.69, 9.17) is 4.74 Å². The summed E-state index contributed by atoms with van der Waals surface area (Å²) in [5.74, 6) is 0.0899. The van der Waals surface area contributed by atoms with Crippen LogP contribution >= 0.6 is 0 Å². The van der Waals surface area contributed by atoms with Crippen LogP contribution in [0.1, 0.15) is 30.0 Å². The summed E-state index contributed by atoms with van der Waals surface area (Å²) >= 11 is 0. The number of rotatable bonds is 9. The lowest BCUT2D eigenvalue weighted by atomic mass is 10.1. The monoisotopic (exact) mass is 395 g/mol. The van der Waals surface area contributed by atoms with Crippen molar-refractivity contribution in [2.45, 2.75) is 39.0 Å². The van der Waals surface area contributed by atoms with Gasteiger partial charge in [0, 0.05) is 32.7 Å². The molecule has 0 radical (unpaired) electrons. The smallest absolute Gasteiger partial charge is 0.237 e. The van der Waals surface area contributed by atoms with Crippen molar-refractivity contribution < 1.29 is 9.53 Å². The summed E-state index contributed by atoms with van der Waals surface area (Å²) < 4.78 is 5.45. The Morgan fingerprint density at radius 3 is 2.41 bits per heavy atom. The number of benzene rings is 2. The summed E-state index contributed by atoms with van der Waals surface area (Å²) in [7, 11) is 2.02. The molecule has 29 heavy (non-hydrogen) atoms. The van der Waals surface area contributed by atoms with Crippen molar-refractivity contribution in [1.29, 1.82) is 0 Å². The first-order chi connectivity index (χ1) is 14.2. The van der Waals surface area contributed by atoms with E-state index in [1.165, 1.54) is 16.7 Å². The molecule has 0 bridgehead atoms. The summed E-state index contributed by atoms with van der Waals surface area (Å²) in [5, 5.41) is 3.17. The van der Waals surface area contributed by atoms with Gasteiger partial charge in [0.25, 0.3) is 0 Å². The van der Waals surface area contributed by atoms with Gasteiger partial charge in [-0.3, -0.25) is 14.6 Å². The molecule has 0 unspecified atom stereocenters. The Bertz CT molecular complexity index is 760. The molecule has 2 aromatic rings. The average molecular weight is 396 g/mol. The van der Waals surface area contributed by atoms with Crippen molar-refractivity contribution in [3.63, 3.8) is 0 Å². The zero-order valence-corrected chi connectivity index (χ0v) is 17.6. The van der Waals surface area contributed by atoms with Gasteiger partial charge in [-0.15, -0.1) is 0 Å². The van der Waals surface area contributed by atoms with E-state index in [1.807, 2.05) is 31.3 Å². The number of ether oxygens (including phenoxy) is 1. The Balaban J connectivity index is 1.57. The highest BCUT2D eigenvalue weighted by Gasteiger charge is 2.21. The highest BCUT2D eigenvalue weighted by atomic mass is 16.5. The number of hydrogen-bond acceptors (Lipinski definition) is 4. The third kappa shape index (κ3) is 6.39. The molecule has 0 spiro atoms. The molecule has 5 heteroatoms. The van der Waals surface area contributed by atoms with Gasteiger partial charge in [-0.25, -0.2) is 0 Å². The van der Waals surface area contributed by atoms with Gasteiger partial charge in [0.1, 0.15) is 0 Å². The van der Waals surface area contributed by atoms with Crippen molar-refractivity contribution in [3.8, 4) is 0 Å². The van der Waals surface area contributed by atoms with E-state index < -0.39 is 0 Å². The number of carbonyl (C=O) groups excluding carboxylic acids is 1. The van der Waals surface area contributed by atoms with E-state index in [-0.39, 0.29) is 11.9 Å². The molecule has 1 N–H and O–H groups in total. The zero-order chi connectivity index (χ0) is 20.5. The Morgan fingerprint density at radius 1 is 1.07 bits per heavy atom. The Morgan fingerprint density at radius 2 is 1.72 bits per heavy atom. The minimum Gasteiger partial charge on any atom is -0.379 e. The lowest BCUT2D eigenvalue weighted by Gasteiger charge is -2.28. The van der Waals surface area contributed by atoms with Gasteiger partial charge in [-0.2, -0.15) is 0 Å². The third-order valence-electron chi connectivity index (χ3n) is 5.57. The van der Waals surface area contributed by atoms with Gasteiger partial charge < -0.3 is 10.1 Å². The summed E-state index contributed by atoms with van der Waals surface area (Å²) in [4.78, 5) is 17.4. The molecule has 1 heterocycles. The number of carbonyl (C=O) groups is 1. The summed E-state index contributed by atoms with van der Waals surface area (Å²) in [6, 6.07) is 18.5. The minimum absolute atomic E-state index is 0.0899. The van der Waals surface area contributed by atoms with Crippen molar-refractivity contribution in [2.24, 2.45) is 0 Å². The maximum Gasteiger partial charge on any atom is 0.237 e. The Labute approximate surface area is 174 Å². The fourth-order valence-corrected chi connectivity index (χ4v) is 3.86. The van der Waals surface area contributed by atoms with Crippen LogP contribution in [0.25, 0.3) is 0 Å². The average Bonchev–Trinajstić information content (AvgIpc) is 2.75. The van der Waals surface area contributed by atoms with E-state index in [2.05, 4.69) is 52.4 Å². The van der Waals surface area contributed by atoms with E-state index in [0.717, 1.165) is 45.8 Å². The predicted octanol–water partition coefficient (Wildman–Crippen LogP) is 3.05. The number of amides is 1. The molecule has 1 aliphatic rings. The molecule has 5 nitrogen and oxygen atoms in total. The molecular weight excluding hydrogens is 362 g/mol. The second-order valence-corrected chi connectivity index (χ2v) is 7.70. The number of nitrogens with zero attached hydrogens (tertiary/aromatic N) is 2. The minimum atomic E-state index is -0.137. The fourth-order valence-electron chi connectivity index (χ4n) is 3.86. The summed E-state index contributed by atoms with van der Waals surface area (Å²) in [5.41, 5.74) is 3.69. The Kier molecular flexibility index (Phi) is 8.23. The van der Waals surface area contributed by atoms with Gasteiger partial charge >= 0.3 is 0 Å². The second-order valence-electron chi connectivity index (χ2n) is 7.70. The van der Waals surface area contributed by atoms with Crippen LogP contribution in [0.3, 0.4) is 0 Å². The van der Waals surface area contributed by atoms with Gasteiger partial charge in [-0.05, 0) is 30.2 Å². The van der Waals surface area contributed by atoms with E-state index in [1.54, 1.807) is 0 Å². The van der Waals surface area contributed by atoms with Gasteiger partial charge in [0.05, 0.1) is 19.3 Å². The molecule has 0 aromatic heterocycles. The molecule has 1 fully saturated rings. The van der Waals surface area contributed by atoms with Crippen LogP contribution in [-0.2, 0) is 29.2 Å². The number of hydrogen-bond donors (Lipinski definition) is 1. The maximum absolute atomic E-state index is 12.9. The van der Waals surface area contributed by atoms with E-state index >= 15 is 0 Å². The van der Waals surface area contributed by atoms with E-state index in [0.29, 0.717) is 6.54 Å². The lowest BCUT2D eigenvalue weighted by Crippen LogP contribution is -2.44. The molecule has 1 saturated heterocycles. The first kappa shape index (κ1) is 21.5. The van der Waals surface area contributed by atoms with Crippen LogP contribution < -0.4 is 5.32 Å². The number of morpholine rings is 1. The van der Waals surface area contributed by atoms with Crippen LogP contribution in [0.4, 0.5) is 0 Å². The molecule has 1 atom stereocenters. The normalized spacial score (nSPS) is 16.0. The van der Waals surface area contributed by atoms with Crippen molar-refractivity contribution in [2.75, 3.05) is 33.4 Å². The van der Waals surface area contributed by atoms with Crippen molar-refractivity contribution in [1.82, 2.24) is 15.1 Å². The quantitative estimate of drug-likeness (QED) is 0.709. The van der Waals surface area contributed by atoms with Gasteiger partial charge in [0.2, 0.25) is 5.91 Å². The molecule has 156 valence electrons. The van der Waals surface area contributed by atoms with Crippen molar-refractivity contribution in [3.05, 3.63) is 71.3 Å². The third-order valence-corrected chi connectivity index (χ3v) is 5.57. The topological polar surface area (TPSA) is 44.8 Å². The van der Waals surface area contributed by atoms with Gasteiger partial charge in [0.15, 0.2) is 0 Å². The number of nitrogens with one attached hydrogen (secondary N) is 1. The molecule has 0 aliphatic carbocycles. The van der Waals surface area contributed by atoms with Crippen molar-refractivity contribution >= 4 is 5.91 Å². The SMILES string of the molecule is CC[C@@H](C(=O)NCc1ccccc1CN1CCOCC1)N(C)Cc1ccccc1. The zero-order valence-electron chi connectivity index (χ0n) is 17.6. The highest BCUT2D eigenvalue weighted by Crippen LogP contribution is 2.14. The van der Waals surface area contributed by atoms with Gasteiger partial charge in [-0.1, -0.05) is 61.5 Å². The van der Waals surface area contributed by atoms with Crippen LogP contribution in [0.2, 0.25) is 0 Å². The first-order valence-corrected chi connectivity index (χ1v) is 10.6. The van der Waals surface area contributed by atoms with Crippen LogP contribution in [0.15, 0.2) is 54.6 Å². The first-order valence-electron chi connectivity index (χ1n) is 10.6. The molecule has 1 amide bonds. The van der Waals surface area contributed by atoms with Crippen LogP contribution in [0, 0.1) is 0 Å². The summed E-state index contributed by atoms with van der Waals surface area (Å²) in [6.45, 7) is 7.81. The van der Waals surface area contributed by atoms with Crippen LogP contribution in [-0.4, -0.2) is 55.1 Å². The largest absolute Gasteiger partial charge is 0.379 e. The van der Waals surface area contributed by atoms with E-state index in [9.17, 15) is 4.79 Å². The summed E-state index contributed by atoms with van der Waals surface area (Å²) in [6.07, 6.45) is 0.782. The van der Waals surface area contributed by atoms with Crippen LogP contribution in [0.5, 0.6) is 0 Å².